The summed E-state index contributed by atoms with van der Waals surface area (Å²) in [5.74, 6) is -0.352. The van der Waals surface area contributed by atoms with Crippen LogP contribution in [0.5, 0.6) is 11.5 Å². The molecule has 166 valence electrons. The van der Waals surface area contributed by atoms with Gasteiger partial charge in [-0.15, -0.1) is 0 Å². The summed E-state index contributed by atoms with van der Waals surface area (Å²) < 4.78 is 11.3. The maximum absolute atomic E-state index is 12.5. The Hall–Kier alpha value is -3.61. The smallest absolute Gasteiger partial charge is 0.240 e. The second-order valence-corrected chi connectivity index (χ2v) is 7.95. The molecule has 2 aromatic carbocycles. The van der Waals surface area contributed by atoms with E-state index in [1.807, 2.05) is 48.6 Å². The molecule has 7 nitrogen and oxygen atoms in total. The Labute approximate surface area is 187 Å². The summed E-state index contributed by atoms with van der Waals surface area (Å²) in [6.07, 6.45) is 4.98. The molecule has 0 unspecified atom stereocenters. The number of benzene rings is 2. The molecule has 1 aliphatic carbocycles. The quantitative estimate of drug-likeness (QED) is 0.510. The zero-order chi connectivity index (χ0) is 22.5. The highest BCUT2D eigenvalue weighted by Crippen LogP contribution is 2.34. The molecule has 0 spiro atoms. The van der Waals surface area contributed by atoms with E-state index in [0.717, 1.165) is 16.0 Å². The van der Waals surface area contributed by atoms with Gasteiger partial charge >= 0.3 is 0 Å². The molecule has 0 saturated carbocycles. The molecule has 1 aliphatic heterocycles. The van der Waals surface area contributed by atoms with E-state index in [1.165, 1.54) is 0 Å². The number of carbonyl (C=O) groups is 3. The fourth-order valence-electron chi connectivity index (χ4n) is 4.10. The molecule has 0 aromatic heterocycles. The first-order chi connectivity index (χ1) is 15.6. The number of hydrogen-bond acceptors (Lipinski definition) is 5. The van der Waals surface area contributed by atoms with Crippen LogP contribution in [0.3, 0.4) is 0 Å². The van der Waals surface area contributed by atoms with Crippen LogP contribution in [0.2, 0.25) is 0 Å². The van der Waals surface area contributed by atoms with Crippen LogP contribution in [0.15, 0.2) is 60.7 Å². The third kappa shape index (κ3) is 4.66. The molecule has 2 atom stereocenters. The summed E-state index contributed by atoms with van der Waals surface area (Å²) >= 11 is 0. The first-order valence-corrected chi connectivity index (χ1v) is 10.7. The maximum atomic E-state index is 12.5. The van der Waals surface area contributed by atoms with Crippen molar-refractivity contribution >= 4 is 17.7 Å². The molecule has 1 N–H and O–H groups in total. The van der Waals surface area contributed by atoms with Crippen molar-refractivity contribution in [1.82, 2.24) is 10.2 Å². The normalized spacial score (nSPS) is 19.6. The summed E-state index contributed by atoms with van der Waals surface area (Å²) in [5.41, 5.74) is 1.87. The molecule has 0 radical (unpaired) electrons. The van der Waals surface area contributed by atoms with Crippen molar-refractivity contribution in [2.24, 2.45) is 11.8 Å². The lowest BCUT2D eigenvalue weighted by Gasteiger charge is -2.15. The van der Waals surface area contributed by atoms with E-state index in [1.54, 1.807) is 19.2 Å². The molecule has 2 aromatic rings. The van der Waals surface area contributed by atoms with Crippen molar-refractivity contribution in [3.8, 4) is 11.5 Å². The molecule has 2 aliphatic rings. The lowest BCUT2D eigenvalue weighted by atomic mass is 9.85. The van der Waals surface area contributed by atoms with Crippen molar-refractivity contribution in [2.45, 2.75) is 26.0 Å². The largest absolute Gasteiger partial charge is 0.493 e. The number of nitrogens with zero attached hydrogens (tertiary/aromatic N) is 1. The summed E-state index contributed by atoms with van der Waals surface area (Å²) in [4.78, 5) is 38.5. The van der Waals surface area contributed by atoms with E-state index in [9.17, 15) is 14.4 Å². The van der Waals surface area contributed by atoms with E-state index in [2.05, 4.69) is 5.32 Å². The van der Waals surface area contributed by atoms with Crippen LogP contribution >= 0.6 is 0 Å². The molecule has 7 heteroatoms. The van der Waals surface area contributed by atoms with Gasteiger partial charge in [0, 0.05) is 6.54 Å². The third-order valence-electron chi connectivity index (χ3n) is 5.86. The second kappa shape index (κ2) is 9.68. The topological polar surface area (TPSA) is 84.9 Å². The number of amides is 3. The number of likely N-dealkylation sites (tertiary alicyclic amines) is 1. The zero-order valence-corrected chi connectivity index (χ0v) is 18.0. The molecule has 1 saturated heterocycles. The van der Waals surface area contributed by atoms with E-state index in [4.69, 9.17) is 9.47 Å². The van der Waals surface area contributed by atoms with Crippen molar-refractivity contribution in [2.75, 3.05) is 13.7 Å². The van der Waals surface area contributed by atoms with Crippen LogP contribution in [0.4, 0.5) is 0 Å². The predicted molar refractivity (Wildman–Crippen MR) is 118 cm³/mol. The number of hydrogen-bond donors (Lipinski definition) is 1. The Morgan fingerprint density at radius 1 is 0.969 bits per heavy atom. The Balaban J connectivity index is 1.32. The van der Waals surface area contributed by atoms with Crippen LogP contribution in [0.1, 0.15) is 24.0 Å². The standard InChI is InChI=1S/C25H26N2O5/c1-31-22-13-18(11-12-21(22)32-16-17-7-3-2-4-8-17)14-26-23(28)15-27-24(29)19-9-5-6-10-20(19)25(27)30/h2-8,11-13,19-20H,9-10,14-16H2,1H3,(H,26,28)/t19-,20+. The SMILES string of the molecule is COc1cc(CNC(=O)CN2C(=O)[C@H]3CC=CC[C@H]3C2=O)ccc1OCc1ccccc1. The monoisotopic (exact) mass is 434 g/mol. The van der Waals surface area contributed by atoms with Gasteiger partial charge in [0.2, 0.25) is 17.7 Å². The highest BCUT2D eigenvalue weighted by Gasteiger charge is 2.47. The van der Waals surface area contributed by atoms with Crippen molar-refractivity contribution in [1.29, 1.82) is 0 Å². The van der Waals surface area contributed by atoms with E-state index >= 15 is 0 Å². The molecule has 3 amide bonds. The van der Waals surface area contributed by atoms with Crippen LogP contribution in [-0.4, -0.2) is 36.3 Å². The first kappa shape index (κ1) is 21.6. The van der Waals surface area contributed by atoms with E-state index < -0.39 is 0 Å². The average Bonchev–Trinajstić information content (AvgIpc) is 3.07. The Morgan fingerprint density at radius 2 is 1.66 bits per heavy atom. The second-order valence-electron chi connectivity index (χ2n) is 7.95. The number of rotatable bonds is 8. The number of ether oxygens (including phenoxy) is 2. The fraction of sp³-hybridized carbons (Fsp3) is 0.320. The van der Waals surface area contributed by atoms with Gasteiger partial charge in [-0.05, 0) is 36.1 Å². The molecule has 4 rings (SSSR count). The molecule has 1 fully saturated rings. The van der Waals surface area contributed by atoms with Gasteiger partial charge in [0.15, 0.2) is 11.5 Å². The summed E-state index contributed by atoms with van der Waals surface area (Å²) in [5, 5.41) is 2.78. The minimum absolute atomic E-state index is 0.249. The highest BCUT2D eigenvalue weighted by molar-refractivity contribution is 6.07. The number of carbonyl (C=O) groups excluding carboxylic acids is 3. The third-order valence-corrected chi connectivity index (χ3v) is 5.86. The number of imide groups is 1. The first-order valence-electron chi connectivity index (χ1n) is 10.7. The summed E-state index contributed by atoms with van der Waals surface area (Å²) in [6.45, 7) is 0.418. The van der Waals surface area contributed by atoms with Gasteiger partial charge in [0.1, 0.15) is 13.2 Å². The van der Waals surface area contributed by atoms with Gasteiger partial charge in [-0.3, -0.25) is 19.3 Å². The number of fused-ring (bicyclic) bond motifs is 1. The number of methoxy groups -OCH3 is 1. The minimum atomic E-state index is -0.373. The van der Waals surface area contributed by atoms with Gasteiger partial charge < -0.3 is 14.8 Å². The number of allylic oxidation sites excluding steroid dienone is 2. The van der Waals surface area contributed by atoms with Gasteiger partial charge in [0.25, 0.3) is 0 Å². The Bertz CT molecular complexity index is 1010. The van der Waals surface area contributed by atoms with Crippen LogP contribution < -0.4 is 14.8 Å². The Kier molecular flexibility index (Phi) is 6.54. The summed E-state index contributed by atoms with van der Waals surface area (Å²) in [6, 6.07) is 15.3. The van der Waals surface area contributed by atoms with Gasteiger partial charge in [-0.25, -0.2) is 0 Å². The maximum Gasteiger partial charge on any atom is 0.240 e. The van der Waals surface area contributed by atoms with Crippen LogP contribution in [0, 0.1) is 11.8 Å². The van der Waals surface area contributed by atoms with E-state index in [-0.39, 0.29) is 42.6 Å². The molecule has 0 bridgehead atoms. The average molecular weight is 434 g/mol. The highest BCUT2D eigenvalue weighted by atomic mass is 16.5. The number of nitrogens with one attached hydrogen (secondary N) is 1. The fourth-order valence-corrected chi connectivity index (χ4v) is 4.10. The van der Waals surface area contributed by atoms with E-state index in [0.29, 0.717) is 30.9 Å². The van der Waals surface area contributed by atoms with Crippen LogP contribution in [0.25, 0.3) is 0 Å². The van der Waals surface area contributed by atoms with Gasteiger partial charge in [0.05, 0.1) is 18.9 Å². The summed E-state index contributed by atoms with van der Waals surface area (Å²) in [7, 11) is 1.56. The molecule has 1 heterocycles. The minimum Gasteiger partial charge on any atom is -0.493 e. The molecule has 32 heavy (non-hydrogen) atoms. The zero-order valence-electron chi connectivity index (χ0n) is 18.0. The predicted octanol–water partition coefficient (Wildman–Crippen LogP) is 2.84. The van der Waals surface area contributed by atoms with Crippen molar-refractivity contribution in [3.63, 3.8) is 0 Å². The van der Waals surface area contributed by atoms with Crippen LogP contribution in [-0.2, 0) is 27.5 Å². The van der Waals surface area contributed by atoms with Crippen molar-refractivity contribution < 1.29 is 23.9 Å². The van der Waals surface area contributed by atoms with Crippen molar-refractivity contribution in [3.05, 3.63) is 71.8 Å². The van der Waals surface area contributed by atoms with Gasteiger partial charge in [-0.1, -0.05) is 48.6 Å². The molecular weight excluding hydrogens is 408 g/mol. The lowest BCUT2D eigenvalue weighted by molar-refractivity contribution is -0.143. The van der Waals surface area contributed by atoms with Gasteiger partial charge in [-0.2, -0.15) is 0 Å². The Morgan fingerprint density at radius 3 is 2.31 bits per heavy atom. The lowest BCUT2D eigenvalue weighted by Crippen LogP contribution is -2.40. The molecular formula is C25H26N2O5.